The molecule has 4 aromatic rings. The fraction of sp³-hybridized carbons (Fsp3) is 0. The molecule has 0 bridgehead atoms. The molecule has 0 saturated heterocycles. The monoisotopic (exact) mass is 330 g/mol. The molecule has 0 aliphatic rings. The summed E-state index contributed by atoms with van der Waals surface area (Å²) in [6, 6.07) is 14.0. The molecule has 0 fully saturated rings. The topological polar surface area (TPSA) is 90.4 Å². The molecule has 8 heteroatoms. The lowest BCUT2D eigenvalue weighted by atomic mass is 10.1. The summed E-state index contributed by atoms with van der Waals surface area (Å²) in [5.41, 5.74) is 1.64. The molecular weight excluding hydrogens is 320 g/mol. The van der Waals surface area contributed by atoms with Crippen LogP contribution in [0.4, 0.5) is 0 Å². The number of nitrogens with zero attached hydrogens (tertiary/aromatic N) is 3. The number of hydrogen-bond acceptors (Lipinski definition) is 5. The van der Waals surface area contributed by atoms with Crippen molar-refractivity contribution in [2.24, 2.45) is 5.14 Å². The summed E-state index contributed by atoms with van der Waals surface area (Å²) >= 11 is 0.951. The molecule has 0 aliphatic heterocycles. The average Bonchev–Trinajstić information content (AvgIpc) is 3.06. The summed E-state index contributed by atoms with van der Waals surface area (Å²) in [5, 5.41) is 11.4. The van der Waals surface area contributed by atoms with Gasteiger partial charge in [-0.25, -0.2) is 23.1 Å². The van der Waals surface area contributed by atoms with Crippen LogP contribution in [0, 0.1) is 0 Å². The SMILES string of the molecule is NS(=O)(=O)c1nn2c(-c3ccc4ccccc4c3)cnc2s1. The molecule has 22 heavy (non-hydrogen) atoms. The average molecular weight is 330 g/mol. The van der Waals surface area contributed by atoms with Crippen molar-refractivity contribution >= 4 is 37.1 Å². The molecule has 2 N–H and O–H groups in total. The van der Waals surface area contributed by atoms with E-state index in [1.54, 1.807) is 6.20 Å². The van der Waals surface area contributed by atoms with E-state index in [9.17, 15) is 8.42 Å². The maximum absolute atomic E-state index is 11.4. The maximum Gasteiger partial charge on any atom is 0.267 e. The first kappa shape index (κ1) is 13.4. The Labute approximate surface area is 129 Å². The molecule has 0 atom stereocenters. The quantitative estimate of drug-likeness (QED) is 0.610. The van der Waals surface area contributed by atoms with E-state index in [-0.39, 0.29) is 4.34 Å². The molecule has 0 radical (unpaired) electrons. The Bertz CT molecular complexity index is 1110. The summed E-state index contributed by atoms with van der Waals surface area (Å²) < 4.78 is 24.2. The highest BCUT2D eigenvalue weighted by Gasteiger charge is 2.18. The molecule has 6 nitrogen and oxygen atoms in total. The number of rotatable bonds is 2. The zero-order valence-corrected chi connectivity index (χ0v) is 12.8. The van der Waals surface area contributed by atoms with Crippen LogP contribution in [0.3, 0.4) is 0 Å². The van der Waals surface area contributed by atoms with Gasteiger partial charge < -0.3 is 0 Å². The van der Waals surface area contributed by atoms with Gasteiger partial charge in [0.2, 0.25) is 9.30 Å². The van der Waals surface area contributed by atoms with E-state index < -0.39 is 10.0 Å². The van der Waals surface area contributed by atoms with Gasteiger partial charge in [0.1, 0.15) is 0 Å². The number of imidazole rings is 1. The van der Waals surface area contributed by atoms with Crippen molar-refractivity contribution in [3.05, 3.63) is 48.7 Å². The minimum absolute atomic E-state index is 0.141. The highest BCUT2D eigenvalue weighted by molar-refractivity contribution is 7.91. The van der Waals surface area contributed by atoms with Crippen molar-refractivity contribution in [3.63, 3.8) is 0 Å². The van der Waals surface area contributed by atoms with Gasteiger partial charge in [0.15, 0.2) is 0 Å². The van der Waals surface area contributed by atoms with Crippen LogP contribution in [-0.2, 0) is 10.0 Å². The molecule has 4 rings (SSSR count). The first-order valence-corrected chi connectivity index (χ1v) is 8.75. The normalized spacial score (nSPS) is 12.2. The van der Waals surface area contributed by atoms with Gasteiger partial charge in [0.05, 0.1) is 11.9 Å². The molecule has 2 heterocycles. The van der Waals surface area contributed by atoms with Crippen LogP contribution in [0.2, 0.25) is 0 Å². The number of benzene rings is 2. The smallest absolute Gasteiger partial charge is 0.225 e. The van der Waals surface area contributed by atoms with E-state index >= 15 is 0 Å². The lowest BCUT2D eigenvalue weighted by Crippen LogP contribution is -2.12. The predicted octanol–water partition coefficient (Wildman–Crippen LogP) is 2.26. The van der Waals surface area contributed by atoms with Gasteiger partial charge >= 0.3 is 0 Å². The van der Waals surface area contributed by atoms with E-state index in [1.165, 1.54) is 4.52 Å². The number of fused-ring (bicyclic) bond motifs is 2. The molecule has 0 amide bonds. The minimum atomic E-state index is -3.82. The maximum atomic E-state index is 11.4. The lowest BCUT2D eigenvalue weighted by molar-refractivity contribution is 0.595. The van der Waals surface area contributed by atoms with Crippen LogP contribution in [0.1, 0.15) is 0 Å². The molecule has 0 aliphatic carbocycles. The van der Waals surface area contributed by atoms with Gasteiger partial charge in [-0.1, -0.05) is 47.7 Å². The molecule has 0 unspecified atom stereocenters. The Morgan fingerprint density at radius 1 is 1.09 bits per heavy atom. The van der Waals surface area contributed by atoms with Crippen molar-refractivity contribution in [2.75, 3.05) is 0 Å². The van der Waals surface area contributed by atoms with Crippen molar-refractivity contribution in [1.29, 1.82) is 0 Å². The number of primary sulfonamides is 1. The summed E-state index contributed by atoms with van der Waals surface area (Å²) in [6.45, 7) is 0. The van der Waals surface area contributed by atoms with Crippen molar-refractivity contribution < 1.29 is 8.42 Å². The van der Waals surface area contributed by atoms with Gasteiger partial charge in [-0.05, 0) is 16.8 Å². The number of nitrogens with two attached hydrogens (primary N) is 1. The van der Waals surface area contributed by atoms with Crippen molar-refractivity contribution in [1.82, 2.24) is 14.6 Å². The van der Waals surface area contributed by atoms with E-state index in [4.69, 9.17) is 5.14 Å². The molecule has 0 saturated carbocycles. The van der Waals surface area contributed by atoms with Crippen LogP contribution in [0.5, 0.6) is 0 Å². The van der Waals surface area contributed by atoms with Crippen LogP contribution in [0.15, 0.2) is 53.0 Å². The Morgan fingerprint density at radius 3 is 2.64 bits per heavy atom. The third-order valence-electron chi connectivity index (χ3n) is 3.36. The van der Waals surface area contributed by atoms with Crippen LogP contribution < -0.4 is 5.14 Å². The summed E-state index contributed by atoms with van der Waals surface area (Å²) in [6.07, 6.45) is 1.68. The highest BCUT2D eigenvalue weighted by atomic mass is 32.2. The van der Waals surface area contributed by atoms with Gasteiger partial charge in [0.25, 0.3) is 10.0 Å². The molecule has 110 valence electrons. The summed E-state index contributed by atoms with van der Waals surface area (Å²) in [5.74, 6) is 0. The van der Waals surface area contributed by atoms with Crippen LogP contribution >= 0.6 is 11.3 Å². The van der Waals surface area contributed by atoms with E-state index in [0.717, 1.165) is 33.4 Å². The van der Waals surface area contributed by atoms with E-state index in [1.807, 2.05) is 42.5 Å². The standard InChI is InChI=1S/C14H10N4O2S2/c15-22(19,20)14-17-18-12(8-16-13(18)21-14)11-6-5-9-3-1-2-4-10(9)7-11/h1-8H,(H2,15,19,20). The Morgan fingerprint density at radius 2 is 1.86 bits per heavy atom. The van der Waals surface area contributed by atoms with E-state index in [2.05, 4.69) is 10.1 Å². The van der Waals surface area contributed by atoms with Crippen molar-refractivity contribution in [2.45, 2.75) is 4.34 Å². The zero-order valence-electron chi connectivity index (χ0n) is 11.2. The van der Waals surface area contributed by atoms with Gasteiger partial charge in [-0.2, -0.15) is 0 Å². The lowest BCUT2D eigenvalue weighted by Gasteiger charge is -2.02. The second kappa shape index (κ2) is 4.60. The van der Waals surface area contributed by atoms with Gasteiger partial charge in [-0.3, -0.25) is 0 Å². The Balaban J connectivity index is 1.93. The van der Waals surface area contributed by atoms with E-state index in [0.29, 0.717) is 4.96 Å². The third kappa shape index (κ3) is 2.08. The zero-order chi connectivity index (χ0) is 15.3. The number of aromatic nitrogens is 3. The van der Waals surface area contributed by atoms with Gasteiger partial charge in [-0.15, -0.1) is 5.10 Å². The Kier molecular flexibility index (Phi) is 2.80. The third-order valence-corrected chi connectivity index (χ3v) is 5.59. The predicted molar refractivity (Wildman–Crippen MR) is 85.2 cm³/mol. The summed E-state index contributed by atoms with van der Waals surface area (Å²) in [4.78, 5) is 4.70. The van der Waals surface area contributed by atoms with Gasteiger partial charge in [0, 0.05) is 5.56 Å². The fourth-order valence-electron chi connectivity index (χ4n) is 2.34. The molecule has 2 aromatic heterocycles. The van der Waals surface area contributed by atoms with Crippen LogP contribution in [-0.4, -0.2) is 23.0 Å². The second-order valence-electron chi connectivity index (χ2n) is 4.81. The minimum Gasteiger partial charge on any atom is -0.225 e. The Hall–Kier alpha value is -2.29. The fourth-order valence-corrected chi connectivity index (χ4v) is 3.83. The first-order chi connectivity index (χ1) is 10.5. The first-order valence-electron chi connectivity index (χ1n) is 6.39. The number of sulfonamides is 1. The molecule has 0 spiro atoms. The van der Waals surface area contributed by atoms with Crippen molar-refractivity contribution in [3.8, 4) is 11.3 Å². The van der Waals surface area contributed by atoms with Crippen LogP contribution in [0.25, 0.3) is 27.0 Å². The second-order valence-corrected chi connectivity index (χ2v) is 7.50. The number of hydrogen-bond donors (Lipinski definition) is 1. The summed E-state index contributed by atoms with van der Waals surface area (Å²) in [7, 11) is -3.82. The molecule has 2 aromatic carbocycles. The molecular formula is C14H10N4O2S2. The highest BCUT2D eigenvalue weighted by Crippen LogP contribution is 2.27. The largest absolute Gasteiger partial charge is 0.267 e.